The van der Waals surface area contributed by atoms with Crippen molar-refractivity contribution < 1.29 is 9.47 Å². The fourth-order valence-corrected chi connectivity index (χ4v) is 4.04. The van der Waals surface area contributed by atoms with E-state index in [9.17, 15) is 0 Å². The van der Waals surface area contributed by atoms with Crippen LogP contribution in [-0.4, -0.2) is 29.5 Å². The summed E-state index contributed by atoms with van der Waals surface area (Å²) in [5, 5.41) is 0. The van der Waals surface area contributed by atoms with E-state index in [4.69, 9.17) is 14.5 Å². The maximum absolute atomic E-state index is 6.20. The summed E-state index contributed by atoms with van der Waals surface area (Å²) in [5.41, 5.74) is 5.24. The molecule has 0 radical (unpaired) electrons. The fraction of sp³-hybridized carbons (Fsp3) is 0.103. The van der Waals surface area contributed by atoms with Crippen molar-refractivity contribution in [2.45, 2.75) is 13.2 Å². The van der Waals surface area contributed by atoms with E-state index in [-0.39, 0.29) is 0 Å². The minimum absolute atomic E-state index is 0.324. The zero-order chi connectivity index (χ0) is 25.0. The van der Waals surface area contributed by atoms with Crippen LogP contribution in [0.1, 0.15) is 11.4 Å². The van der Waals surface area contributed by atoms with Crippen LogP contribution >= 0.6 is 0 Å². The van der Waals surface area contributed by atoms with E-state index in [1.807, 2.05) is 96.9 Å². The lowest BCUT2D eigenvalue weighted by atomic mass is 10.1. The van der Waals surface area contributed by atoms with Crippen molar-refractivity contribution in [2.75, 3.05) is 0 Å². The highest BCUT2D eigenvalue weighted by molar-refractivity contribution is 5.82. The topological polar surface area (TPSA) is 90.7 Å². The van der Waals surface area contributed by atoms with Gasteiger partial charge in [-0.1, -0.05) is 36.4 Å². The summed E-state index contributed by atoms with van der Waals surface area (Å²) in [4.78, 5) is 21.4. The Bertz CT molecular complexity index is 1640. The molecule has 4 aromatic heterocycles. The number of aryl methyl sites for hydroxylation is 1. The van der Waals surface area contributed by atoms with Gasteiger partial charge in [-0.3, -0.25) is 4.98 Å². The van der Waals surface area contributed by atoms with Crippen molar-refractivity contribution >= 4 is 11.2 Å². The Labute approximate surface area is 213 Å². The highest BCUT2D eigenvalue weighted by Gasteiger charge is 2.15. The number of imidazole rings is 2. The molecule has 8 nitrogen and oxygen atoms in total. The lowest BCUT2D eigenvalue weighted by Gasteiger charge is -2.13. The number of H-pyrrole nitrogens is 1. The van der Waals surface area contributed by atoms with Crippen molar-refractivity contribution in [1.29, 1.82) is 0 Å². The molecule has 0 aliphatic heterocycles. The molecule has 0 unspecified atom stereocenters. The Morgan fingerprint density at radius 1 is 0.838 bits per heavy atom. The fourth-order valence-electron chi connectivity index (χ4n) is 4.04. The van der Waals surface area contributed by atoms with Crippen molar-refractivity contribution in [3.63, 3.8) is 0 Å². The summed E-state index contributed by atoms with van der Waals surface area (Å²) in [6.45, 7) is 0.786. The smallest absolute Gasteiger partial charge is 0.157 e. The molecule has 0 atom stereocenters. The third-order valence-corrected chi connectivity index (χ3v) is 6.06. The van der Waals surface area contributed by atoms with Crippen LogP contribution in [0.4, 0.5) is 0 Å². The quantitative estimate of drug-likeness (QED) is 0.301. The molecule has 37 heavy (non-hydrogen) atoms. The molecule has 0 bridgehead atoms. The van der Waals surface area contributed by atoms with Crippen LogP contribution in [0, 0.1) is 0 Å². The van der Waals surface area contributed by atoms with Gasteiger partial charge in [0.1, 0.15) is 41.9 Å². The highest BCUT2D eigenvalue weighted by atomic mass is 16.5. The number of aromatic amines is 1. The lowest BCUT2D eigenvalue weighted by Crippen LogP contribution is -2.04. The first kappa shape index (κ1) is 22.5. The van der Waals surface area contributed by atoms with Gasteiger partial charge in [0, 0.05) is 49.2 Å². The molecular weight excluding hydrogens is 464 g/mol. The van der Waals surface area contributed by atoms with Gasteiger partial charge in [0.25, 0.3) is 0 Å². The van der Waals surface area contributed by atoms with Crippen LogP contribution < -0.4 is 9.47 Å². The number of rotatable bonds is 8. The van der Waals surface area contributed by atoms with E-state index in [1.165, 1.54) is 0 Å². The maximum atomic E-state index is 6.20. The zero-order valence-corrected chi connectivity index (χ0v) is 20.2. The van der Waals surface area contributed by atoms with Gasteiger partial charge in [-0.25, -0.2) is 15.0 Å². The van der Waals surface area contributed by atoms with Gasteiger partial charge in [-0.05, 0) is 35.9 Å². The normalized spacial score (nSPS) is 11.1. The molecule has 6 aromatic rings. The molecule has 2 aromatic carbocycles. The minimum Gasteiger partial charge on any atom is -0.489 e. The summed E-state index contributed by atoms with van der Waals surface area (Å²) >= 11 is 0. The second-order valence-electron chi connectivity index (χ2n) is 8.59. The number of pyridine rings is 2. The van der Waals surface area contributed by atoms with Crippen molar-refractivity contribution in [3.05, 3.63) is 109 Å². The van der Waals surface area contributed by atoms with Crippen molar-refractivity contribution in [1.82, 2.24) is 29.5 Å². The summed E-state index contributed by atoms with van der Waals surface area (Å²) in [5.74, 6) is 2.85. The van der Waals surface area contributed by atoms with Crippen molar-refractivity contribution in [3.8, 4) is 34.0 Å². The molecule has 6 rings (SSSR count). The summed E-state index contributed by atoms with van der Waals surface area (Å²) < 4.78 is 14.2. The van der Waals surface area contributed by atoms with Gasteiger partial charge in [-0.15, -0.1) is 0 Å². The first-order chi connectivity index (χ1) is 18.2. The predicted octanol–water partition coefficient (Wildman–Crippen LogP) is 5.58. The molecular formula is C29H24N6O2. The lowest BCUT2D eigenvalue weighted by molar-refractivity contribution is 0.289. The van der Waals surface area contributed by atoms with Gasteiger partial charge in [-0.2, -0.15) is 0 Å². The number of ether oxygens (including phenoxy) is 2. The van der Waals surface area contributed by atoms with Gasteiger partial charge in [0.15, 0.2) is 5.65 Å². The zero-order valence-electron chi connectivity index (χ0n) is 20.2. The van der Waals surface area contributed by atoms with Gasteiger partial charge in [0.2, 0.25) is 0 Å². The molecule has 0 saturated carbocycles. The standard InChI is InChI=1S/C29H24N6O2/c1-35-13-12-31-27(35)19-37-26-10-9-23(36-18-20-6-3-2-4-7-20)15-24(26)28-33-25-14-22(17-32-29(25)34-28)21-8-5-11-30-16-21/h2-17H,18-19H2,1H3,(H,32,33,34). The monoisotopic (exact) mass is 488 g/mol. The van der Waals surface area contributed by atoms with E-state index < -0.39 is 0 Å². The number of aromatic nitrogens is 6. The number of hydrogen-bond acceptors (Lipinski definition) is 6. The number of nitrogens with one attached hydrogen (secondary N) is 1. The van der Waals surface area contributed by atoms with E-state index >= 15 is 0 Å². The molecule has 4 heterocycles. The Morgan fingerprint density at radius 2 is 1.76 bits per heavy atom. The summed E-state index contributed by atoms with van der Waals surface area (Å²) in [7, 11) is 1.94. The minimum atomic E-state index is 0.324. The Kier molecular flexibility index (Phi) is 6.04. The summed E-state index contributed by atoms with van der Waals surface area (Å²) in [6, 6.07) is 21.7. The van der Waals surface area contributed by atoms with E-state index in [0.29, 0.717) is 36.2 Å². The van der Waals surface area contributed by atoms with Gasteiger partial charge < -0.3 is 19.0 Å². The summed E-state index contributed by atoms with van der Waals surface area (Å²) in [6.07, 6.45) is 9.03. The average Bonchev–Trinajstić information content (AvgIpc) is 3.57. The largest absolute Gasteiger partial charge is 0.489 e. The van der Waals surface area contributed by atoms with Crippen LogP contribution in [0.2, 0.25) is 0 Å². The number of nitrogens with zero attached hydrogens (tertiary/aromatic N) is 5. The molecule has 182 valence electrons. The first-order valence-electron chi connectivity index (χ1n) is 11.9. The highest BCUT2D eigenvalue weighted by Crippen LogP contribution is 2.34. The van der Waals surface area contributed by atoms with Crippen LogP contribution in [0.15, 0.2) is 97.7 Å². The third kappa shape index (κ3) is 4.90. The Morgan fingerprint density at radius 3 is 2.57 bits per heavy atom. The molecule has 0 aliphatic carbocycles. The van der Waals surface area contributed by atoms with Crippen LogP contribution in [0.5, 0.6) is 11.5 Å². The van der Waals surface area contributed by atoms with Crippen LogP contribution in [-0.2, 0) is 20.3 Å². The van der Waals surface area contributed by atoms with Crippen LogP contribution in [0.25, 0.3) is 33.7 Å². The third-order valence-electron chi connectivity index (χ3n) is 6.06. The second-order valence-corrected chi connectivity index (χ2v) is 8.59. The van der Waals surface area contributed by atoms with E-state index in [2.05, 4.69) is 19.9 Å². The SMILES string of the molecule is Cn1ccnc1COc1ccc(OCc2ccccc2)cc1-c1nc2cc(-c3cccnc3)cnc2[nH]1. The Hall–Kier alpha value is -4.98. The first-order valence-corrected chi connectivity index (χ1v) is 11.9. The van der Waals surface area contributed by atoms with Crippen molar-refractivity contribution in [2.24, 2.45) is 7.05 Å². The molecule has 0 saturated heterocycles. The van der Waals surface area contributed by atoms with Gasteiger partial charge in [0.05, 0.1) is 5.56 Å². The van der Waals surface area contributed by atoms with E-state index in [0.717, 1.165) is 33.6 Å². The van der Waals surface area contributed by atoms with Crippen LogP contribution in [0.3, 0.4) is 0 Å². The molecule has 0 aliphatic rings. The molecule has 0 spiro atoms. The average molecular weight is 489 g/mol. The number of hydrogen-bond donors (Lipinski definition) is 1. The molecule has 8 heteroatoms. The molecule has 0 fully saturated rings. The maximum Gasteiger partial charge on any atom is 0.157 e. The van der Waals surface area contributed by atoms with E-state index in [1.54, 1.807) is 12.4 Å². The second kappa shape index (κ2) is 9.94. The number of fused-ring (bicyclic) bond motifs is 1. The molecule has 0 amide bonds. The van der Waals surface area contributed by atoms with Gasteiger partial charge >= 0.3 is 0 Å². The predicted molar refractivity (Wildman–Crippen MR) is 141 cm³/mol. The Balaban J connectivity index is 1.34. The molecule has 1 N–H and O–H groups in total. The number of benzene rings is 2.